The molecule has 8 nitrogen and oxygen atoms in total. The highest BCUT2D eigenvalue weighted by atomic mass is 16.6. The Morgan fingerprint density at radius 2 is 1.82 bits per heavy atom. The highest BCUT2D eigenvalue weighted by Crippen LogP contribution is 2.32. The van der Waals surface area contributed by atoms with Crippen molar-refractivity contribution in [3.8, 4) is 11.3 Å². The van der Waals surface area contributed by atoms with E-state index >= 15 is 0 Å². The molecule has 0 fully saturated rings. The largest absolute Gasteiger partial charge is 0.459 e. The number of nitro benzene ring substituents is 1. The monoisotopic (exact) mass is 442 g/mol. The van der Waals surface area contributed by atoms with Crippen LogP contribution in [0.3, 0.4) is 0 Å². The van der Waals surface area contributed by atoms with Gasteiger partial charge in [-0.25, -0.2) is 0 Å². The van der Waals surface area contributed by atoms with Crippen molar-refractivity contribution in [1.29, 1.82) is 0 Å². The second-order valence-electron chi connectivity index (χ2n) is 7.19. The number of hydrogen-bond donors (Lipinski definition) is 1. The fourth-order valence-electron chi connectivity index (χ4n) is 3.16. The summed E-state index contributed by atoms with van der Waals surface area (Å²) >= 11 is 0. The van der Waals surface area contributed by atoms with E-state index in [0.29, 0.717) is 28.3 Å². The molecule has 0 radical (unpaired) electrons. The summed E-state index contributed by atoms with van der Waals surface area (Å²) in [5, 5.41) is 14.0. The molecule has 0 spiro atoms. The van der Waals surface area contributed by atoms with Crippen molar-refractivity contribution in [3.05, 3.63) is 112 Å². The van der Waals surface area contributed by atoms with Crippen LogP contribution in [0.5, 0.6) is 0 Å². The lowest BCUT2D eigenvalue weighted by Crippen LogP contribution is -2.10. The van der Waals surface area contributed by atoms with Gasteiger partial charge in [0.1, 0.15) is 11.5 Å². The highest BCUT2D eigenvalue weighted by molar-refractivity contribution is 6.07. The molecule has 0 aliphatic rings. The van der Waals surface area contributed by atoms with E-state index in [1.54, 1.807) is 67.6 Å². The van der Waals surface area contributed by atoms with Crippen molar-refractivity contribution in [2.45, 2.75) is 6.92 Å². The zero-order chi connectivity index (χ0) is 23.4. The zero-order valence-electron chi connectivity index (χ0n) is 17.5. The van der Waals surface area contributed by atoms with Crippen molar-refractivity contribution >= 4 is 29.1 Å². The van der Waals surface area contributed by atoms with Crippen LogP contribution < -0.4 is 5.32 Å². The molecule has 33 heavy (non-hydrogen) atoms. The van der Waals surface area contributed by atoms with Gasteiger partial charge in [0.15, 0.2) is 11.5 Å². The molecule has 1 N–H and O–H groups in total. The Bertz CT molecular complexity index is 1350. The van der Waals surface area contributed by atoms with Crippen LogP contribution in [0, 0.1) is 17.0 Å². The number of ketones is 1. The molecule has 164 valence electrons. The Hall–Kier alpha value is -4.72. The maximum absolute atomic E-state index is 12.5. The van der Waals surface area contributed by atoms with Gasteiger partial charge in [-0.1, -0.05) is 6.07 Å². The first-order valence-electron chi connectivity index (χ1n) is 9.93. The van der Waals surface area contributed by atoms with E-state index in [1.165, 1.54) is 24.5 Å². The van der Waals surface area contributed by atoms with Crippen molar-refractivity contribution in [2.24, 2.45) is 0 Å². The molecule has 2 heterocycles. The predicted octanol–water partition coefficient (Wildman–Crippen LogP) is 5.90. The van der Waals surface area contributed by atoms with Gasteiger partial charge in [0.05, 0.1) is 16.7 Å². The number of carbonyl (C=O) groups excluding carboxylic acids is 2. The molecule has 0 aliphatic carbocycles. The number of anilines is 1. The number of aryl methyl sites for hydroxylation is 1. The molecule has 2 aromatic heterocycles. The Balaban J connectivity index is 1.44. The fourth-order valence-corrected chi connectivity index (χ4v) is 3.16. The van der Waals surface area contributed by atoms with Crippen molar-refractivity contribution in [2.75, 3.05) is 5.32 Å². The topological polar surface area (TPSA) is 116 Å². The van der Waals surface area contributed by atoms with Gasteiger partial charge in [-0.05, 0) is 79.2 Å². The van der Waals surface area contributed by atoms with Crippen LogP contribution in [0.2, 0.25) is 0 Å². The summed E-state index contributed by atoms with van der Waals surface area (Å²) in [7, 11) is 0. The number of allylic oxidation sites excluding steroid dienone is 1. The molecule has 0 saturated heterocycles. The molecule has 1 amide bonds. The predicted molar refractivity (Wildman–Crippen MR) is 122 cm³/mol. The molecule has 4 aromatic rings. The average molecular weight is 442 g/mol. The van der Waals surface area contributed by atoms with Crippen LogP contribution in [0.1, 0.15) is 32.2 Å². The average Bonchev–Trinajstić information content (AvgIpc) is 3.50. The van der Waals surface area contributed by atoms with Gasteiger partial charge in [0.25, 0.3) is 11.6 Å². The van der Waals surface area contributed by atoms with E-state index in [9.17, 15) is 19.7 Å². The molecule has 0 aliphatic heterocycles. The summed E-state index contributed by atoms with van der Waals surface area (Å²) < 4.78 is 10.7. The summed E-state index contributed by atoms with van der Waals surface area (Å²) in [6.07, 6.45) is 4.26. The first-order chi connectivity index (χ1) is 15.9. The normalized spacial score (nSPS) is 10.9. The lowest BCUT2D eigenvalue weighted by Gasteiger charge is -2.03. The van der Waals surface area contributed by atoms with Crippen LogP contribution in [-0.4, -0.2) is 16.6 Å². The summed E-state index contributed by atoms with van der Waals surface area (Å²) in [6.45, 7) is 1.78. The molecular formula is C25H18N2O6. The Kier molecular flexibility index (Phi) is 5.99. The van der Waals surface area contributed by atoms with Crippen molar-refractivity contribution in [1.82, 2.24) is 0 Å². The molecule has 0 atom stereocenters. The highest BCUT2D eigenvalue weighted by Gasteiger charge is 2.18. The lowest BCUT2D eigenvalue weighted by atomic mass is 10.1. The van der Waals surface area contributed by atoms with Gasteiger partial charge >= 0.3 is 0 Å². The lowest BCUT2D eigenvalue weighted by molar-refractivity contribution is -0.384. The quantitative estimate of drug-likeness (QED) is 0.165. The van der Waals surface area contributed by atoms with E-state index in [2.05, 4.69) is 5.32 Å². The second kappa shape index (κ2) is 9.19. The molecule has 2 aromatic carbocycles. The smallest absolute Gasteiger partial charge is 0.291 e. The number of carbonyl (C=O) groups is 2. The molecule has 0 unspecified atom stereocenters. The number of furan rings is 2. The Labute approximate surface area is 188 Å². The van der Waals surface area contributed by atoms with Crippen LogP contribution in [0.4, 0.5) is 11.4 Å². The Morgan fingerprint density at radius 3 is 2.52 bits per heavy atom. The Morgan fingerprint density at radius 1 is 1.03 bits per heavy atom. The number of nitrogens with zero attached hydrogens (tertiary/aromatic N) is 1. The molecular weight excluding hydrogens is 424 g/mol. The third kappa shape index (κ3) is 4.96. The number of amides is 1. The number of nitrogens with one attached hydrogen (secondary N) is 1. The molecule has 0 bridgehead atoms. The van der Waals surface area contributed by atoms with Crippen LogP contribution in [-0.2, 0) is 0 Å². The molecule has 0 saturated carbocycles. The SMILES string of the molecule is Cc1ccc(-c2ccc(C=CC(=O)c3ccc(NC(=O)c4ccco4)cc3)o2)c([N+](=O)[O-])c1. The van der Waals surface area contributed by atoms with Crippen molar-refractivity contribution in [3.63, 3.8) is 0 Å². The van der Waals surface area contributed by atoms with Gasteiger partial charge in [-0.2, -0.15) is 0 Å². The minimum absolute atomic E-state index is 0.0461. The summed E-state index contributed by atoms with van der Waals surface area (Å²) in [4.78, 5) is 35.4. The maximum atomic E-state index is 12.5. The first kappa shape index (κ1) is 21.5. The first-order valence-corrected chi connectivity index (χ1v) is 9.93. The van der Waals surface area contributed by atoms with Gasteiger partial charge in [-0.3, -0.25) is 19.7 Å². The maximum Gasteiger partial charge on any atom is 0.291 e. The van der Waals surface area contributed by atoms with Gasteiger partial charge in [0, 0.05) is 17.3 Å². The van der Waals surface area contributed by atoms with E-state index in [0.717, 1.165) is 5.56 Å². The fraction of sp³-hybridized carbons (Fsp3) is 0.0400. The van der Waals surface area contributed by atoms with Gasteiger partial charge in [0.2, 0.25) is 0 Å². The van der Waals surface area contributed by atoms with Crippen molar-refractivity contribution < 1.29 is 23.3 Å². The minimum Gasteiger partial charge on any atom is -0.459 e. The van der Waals surface area contributed by atoms with E-state index in [4.69, 9.17) is 8.83 Å². The molecule has 4 rings (SSSR count). The van der Waals surface area contributed by atoms with Crippen LogP contribution in [0.25, 0.3) is 17.4 Å². The van der Waals surface area contributed by atoms with Crippen LogP contribution >= 0.6 is 0 Å². The summed E-state index contributed by atoms with van der Waals surface area (Å²) in [5.74, 6) is 0.257. The minimum atomic E-state index is -0.454. The summed E-state index contributed by atoms with van der Waals surface area (Å²) in [6, 6.07) is 17.7. The molecule has 8 heteroatoms. The third-order valence-corrected chi connectivity index (χ3v) is 4.81. The summed E-state index contributed by atoms with van der Waals surface area (Å²) in [5.41, 5.74) is 2.03. The van der Waals surface area contributed by atoms with E-state index in [1.807, 2.05) is 0 Å². The number of nitro groups is 1. The third-order valence-electron chi connectivity index (χ3n) is 4.81. The number of hydrogen-bond acceptors (Lipinski definition) is 6. The number of rotatable bonds is 7. The zero-order valence-corrected chi connectivity index (χ0v) is 17.5. The van der Waals surface area contributed by atoms with E-state index in [-0.39, 0.29) is 23.1 Å². The standard InChI is InChI=1S/C25H18N2O6/c1-16-4-11-20(21(15-16)27(30)31)23-13-10-19(33-23)9-12-22(28)17-5-7-18(8-6-17)26-25(29)24-3-2-14-32-24/h2-15H,1H3,(H,26,29). The van der Waals surface area contributed by atoms with Gasteiger partial charge in [-0.15, -0.1) is 0 Å². The van der Waals surface area contributed by atoms with E-state index < -0.39 is 4.92 Å². The van der Waals surface area contributed by atoms with Gasteiger partial charge < -0.3 is 14.2 Å². The number of benzene rings is 2. The second-order valence-corrected chi connectivity index (χ2v) is 7.19. The van der Waals surface area contributed by atoms with Crippen LogP contribution in [0.15, 0.2) is 87.9 Å².